The summed E-state index contributed by atoms with van der Waals surface area (Å²) < 4.78 is 0.911. The molecule has 0 saturated heterocycles. The summed E-state index contributed by atoms with van der Waals surface area (Å²) in [4.78, 5) is 16.2. The van der Waals surface area contributed by atoms with Gasteiger partial charge >= 0.3 is 0 Å². The van der Waals surface area contributed by atoms with Gasteiger partial charge in [0, 0.05) is 10.7 Å². The van der Waals surface area contributed by atoms with Crippen LogP contribution in [0.2, 0.25) is 0 Å². The number of hydrogen-bond acceptors (Lipinski definition) is 3. The lowest BCUT2D eigenvalue weighted by atomic mass is 10.1. The summed E-state index contributed by atoms with van der Waals surface area (Å²) in [5, 5.41) is 2.75. The molecule has 0 aliphatic carbocycles. The quantitative estimate of drug-likeness (QED) is 0.873. The van der Waals surface area contributed by atoms with Gasteiger partial charge in [-0.05, 0) is 52.9 Å². The normalized spacial score (nSPS) is 12.0. The maximum absolute atomic E-state index is 12.0. The van der Waals surface area contributed by atoms with Gasteiger partial charge in [0.05, 0.1) is 6.04 Å². The maximum Gasteiger partial charge on any atom is 0.242 e. The number of nitrogens with two attached hydrogens (primary N) is 1. The van der Waals surface area contributed by atoms with Crippen LogP contribution < -0.4 is 11.1 Å². The number of nitrogens with one attached hydrogen (secondary N) is 1. The van der Waals surface area contributed by atoms with E-state index in [1.54, 1.807) is 6.20 Å². The van der Waals surface area contributed by atoms with E-state index in [1.165, 1.54) is 5.56 Å². The lowest BCUT2D eigenvalue weighted by molar-refractivity contribution is -0.117. The number of carbonyl (C=O) groups is 1. The van der Waals surface area contributed by atoms with E-state index in [2.05, 4.69) is 26.2 Å². The van der Waals surface area contributed by atoms with E-state index < -0.39 is 6.04 Å². The summed E-state index contributed by atoms with van der Waals surface area (Å²) in [5.74, 6) is 0.316. The number of benzene rings is 1. The van der Waals surface area contributed by atoms with Gasteiger partial charge in [-0.3, -0.25) is 4.79 Å². The molecule has 0 spiro atoms. The molecular weight excluding hydrogens is 330 g/mol. The van der Waals surface area contributed by atoms with E-state index in [0.717, 1.165) is 16.5 Å². The van der Waals surface area contributed by atoms with Crippen molar-refractivity contribution in [1.82, 2.24) is 4.98 Å². The molecule has 0 unspecified atom stereocenters. The molecule has 110 valence electrons. The molecule has 0 fully saturated rings. The Morgan fingerprint density at radius 2 is 2.10 bits per heavy atom. The van der Waals surface area contributed by atoms with Crippen LogP contribution in [-0.2, 0) is 11.2 Å². The second-order valence-corrected chi connectivity index (χ2v) is 5.79. The molecule has 1 heterocycles. The number of anilines is 1. The minimum absolute atomic E-state index is 0.208. The Kier molecular flexibility index (Phi) is 5.47. The molecule has 3 N–H and O–H groups in total. The third-order valence-corrected chi connectivity index (χ3v) is 4.05. The third kappa shape index (κ3) is 4.65. The van der Waals surface area contributed by atoms with Crippen LogP contribution in [0.25, 0.3) is 0 Å². The van der Waals surface area contributed by atoms with Crippen molar-refractivity contribution in [2.24, 2.45) is 5.73 Å². The van der Waals surface area contributed by atoms with Gasteiger partial charge in [-0.1, -0.05) is 30.3 Å². The fourth-order valence-corrected chi connectivity index (χ4v) is 2.14. The Morgan fingerprint density at radius 1 is 1.38 bits per heavy atom. The smallest absolute Gasteiger partial charge is 0.242 e. The highest BCUT2D eigenvalue weighted by atomic mass is 79.9. The first-order valence-corrected chi connectivity index (χ1v) is 7.58. The van der Waals surface area contributed by atoms with Gasteiger partial charge in [0.2, 0.25) is 5.91 Å². The standard InChI is InChI=1S/C16H18BrN3O/c1-11-9-15(19-10-13(11)17)20-16(21)14(18)8-7-12-5-3-2-4-6-12/h2-6,9-10,14H,7-8,18H2,1H3,(H,19,20,21)/t14-/m0/s1. The van der Waals surface area contributed by atoms with E-state index in [1.807, 2.05) is 43.3 Å². The third-order valence-electron chi connectivity index (χ3n) is 3.22. The number of aromatic nitrogens is 1. The fraction of sp³-hybridized carbons (Fsp3) is 0.250. The van der Waals surface area contributed by atoms with Crippen molar-refractivity contribution in [2.45, 2.75) is 25.8 Å². The van der Waals surface area contributed by atoms with E-state index in [0.29, 0.717) is 12.2 Å². The Balaban J connectivity index is 1.89. The van der Waals surface area contributed by atoms with Crippen LogP contribution in [0.3, 0.4) is 0 Å². The Hall–Kier alpha value is -1.72. The summed E-state index contributed by atoms with van der Waals surface area (Å²) in [7, 11) is 0. The van der Waals surface area contributed by atoms with Crippen molar-refractivity contribution in [3.8, 4) is 0 Å². The molecule has 0 saturated carbocycles. The average molecular weight is 348 g/mol. The van der Waals surface area contributed by atoms with Gasteiger partial charge in [0.15, 0.2) is 0 Å². The fourth-order valence-electron chi connectivity index (χ4n) is 1.92. The van der Waals surface area contributed by atoms with E-state index in [9.17, 15) is 4.79 Å². The first kappa shape index (κ1) is 15.7. The summed E-state index contributed by atoms with van der Waals surface area (Å²) in [6.45, 7) is 1.94. The molecule has 1 aromatic carbocycles. The molecule has 0 aliphatic rings. The van der Waals surface area contributed by atoms with Crippen molar-refractivity contribution >= 4 is 27.7 Å². The van der Waals surface area contributed by atoms with Crippen LogP contribution in [0.1, 0.15) is 17.5 Å². The van der Waals surface area contributed by atoms with Crippen molar-refractivity contribution in [3.05, 3.63) is 58.2 Å². The van der Waals surface area contributed by atoms with E-state index in [4.69, 9.17) is 5.73 Å². The maximum atomic E-state index is 12.0. The molecule has 0 bridgehead atoms. The summed E-state index contributed by atoms with van der Waals surface area (Å²) in [5.41, 5.74) is 8.12. The van der Waals surface area contributed by atoms with E-state index in [-0.39, 0.29) is 5.91 Å². The minimum Gasteiger partial charge on any atom is -0.320 e. The molecular formula is C16H18BrN3O. The largest absolute Gasteiger partial charge is 0.320 e. The van der Waals surface area contributed by atoms with Crippen LogP contribution >= 0.6 is 15.9 Å². The molecule has 2 rings (SSSR count). The molecule has 5 heteroatoms. The molecule has 21 heavy (non-hydrogen) atoms. The molecule has 1 atom stereocenters. The number of carbonyl (C=O) groups excluding carboxylic acids is 1. The van der Waals surface area contributed by atoms with Gasteiger partial charge in [0.1, 0.15) is 5.82 Å². The second kappa shape index (κ2) is 7.33. The number of rotatable bonds is 5. The van der Waals surface area contributed by atoms with Crippen LogP contribution in [0, 0.1) is 6.92 Å². The summed E-state index contributed by atoms with van der Waals surface area (Å²) >= 11 is 3.38. The Labute approximate surface area is 132 Å². The van der Waals surface area contributed by atoms with Crippen molar-refractivity contribution in [1.29, 1.82) is 0 Å². The topological polar surface area (TPSA) is 68.0 Å². The average Bonchev–Trinajstić information content (AvgIpc) is 2.49. The van der Waals surface area contributed by atoms with Crippen LogP contribution in [0.5, 0.6) is 0 Å². The SMILES string of the molecule is Cc1cc(NC(=O)[C@@H](N)CCc2ccccc2)ncc1Br. The van der Waals surface area contributed by atoms with Crippen LogP contribution in [0.4, 0.5) is 5.82 Å². The molecule has 0 aliphatic heterocycles. The molecule has 0 radical (unpaired) electrons. The van der Waals surface area contributed by atoms with Gasteiger partial charge in [0.25, 0.3) is 0 Å². The monoisotopic (exact) mass is 347 g/mol. The number of halogens is 1. The number of hydrogen-bond donors (Lipinski definition) is 2. The molecule has 2 aromatic rings. The predicted molar refractivity (Wildman–Crippen MR) is 88.0 cm³/mol. The lowest BCUT2D eigenvalue weighted by Gasteiger charge is -2.12. The predicted octanol–water partition coefficient (Wildman–Crippen LogP) is 3.05. The number of pyridine rings is 1. The van der Waals surface area contributed by atoms with Crippen LogP contribution in [-0.4, -0.2) is 16.9 Å². The zero-order valence-corrected chi connectivity index (χ0v) is 13.4. The zero-order chi connectivity index (χ0) is 15.2. The highest BCUT2D eigenvalue weighted by Crippen LogP contribution is 2.17. The summed E-state index contributed by atoms with van der Waals surface area (Å²) in [6.07, 6.45) is 3.05. The highest BCUT2D eigenvalue weighted by molar-refractivity contribution is 9.10. The molecule has 1 amide bonds. The highest BCUT2D eigenvalue weighted by Gasteiger charge is 2.14. The number of amides is 1. The number of nitrogens with zero attached hydrogens (tertiary/aromatic N) is 1. The van der Waals surface area contributed by atoms with Gasteiger partial charge in [-0.15, -0.1) is 0 Å². The number of aryl methyl sites for hydroxylation is 2. The molecule has 1 aromatic heterocycles. The lowest BCUT2D eigenvalue weighted by Crippen LogP contribution is -2.36. The summed E-state index contributed by atoms with van der Waals surface area (Å²) in [6, 6.07) is 11.3. The minimum atomic E-state index is -0.545. The van der Waals surface area contributed by atoms with Crippen molar-refractivity contribution in [2.75, 3.05) is 5.32 Å². The van der Waals surface area contributed by atoms with Gasteiger partial charge in [-0.2, -0.15) is 0 Å². The van der Waals surface area contributed by atoms with E-state index >= 15 is 0 Å². The zero-order valence-electron chi connectivity index (χ0n) is 11.8. The molecule has 4 nitrogen and oxygen atoms in total. The van der Waals surface area contributed by atoms with Crippen molar-refractivity contribution < 1.29 is 4.79 Å². The second-order valence-electron chi connectivity index (χ2n) is 4.94. The Bertz CT molecular complexity index is 616. The first-order chi connectivity index (χ1) is 10.1. The Morgan fingerprint density at radius 3 is 2.76 bits per heavy atom. The van der Waals surface area contributed by atoms with Gasteiger partial charge in [-0.25, -0.2) is 4.98 Å². The van der Waals surface area contributed by atoms with Gasteiger partial charge < -0.3 is 11.1 Å². The van der Waals surface area contributed by atoms with Crippen LogP contribution in [0.15, 0.2) is 47.1 Å². The van der Waals surface area contributed by atoms with Crippen molar-refractivity contribution in [3.63, 3.8) is 0 Å². The first-order valence-electron chi connectivity index (χ1n) is 6.79.